The standard InChI is InChI=1S/C34H62O9/c1-11-12-13-17-20-25-23-24-26(21-18-15-14-16-19-22-27(35)38-41-32(2,3)4)29(31(37)40-43-34(8,9)10)28(25)30(36)39-42-33(5,6)7/h25-26,28-29H,11-24H2,1-10H3. The summed E-state index contributed by atoms with van der Waals surface area (Å²) in [5.74, 6) is -2.69. The highest BCUT2D eigenvalue weighted by Gasteiger charge is 2.49. The van der Waals surface area contributed by atoms with Crippen molar-refractivity contribution in [3.8, 4) is 0 Å². The molecule has 0 aromatic heterocycles. The Hall–Kier alpha value is -1.71. The Bertz CT molecular complexity index is 819. The van der Waals surface area contributed by atoms with Crippen molar-refractivity contribution in [1.82, 2.24) is 0 Å². The van der Waals surface area contributed by atoms with Crippen LogP contribution in [-0.2, 0) is 43.7 Å². The van der Waals surface area contributed by atoms with Crippen LogP contribution in [0.4, 0.5) is 0 Å². The van der Waals surface area contributed by atoms with Crippen molar-refractivity contribution in [2.45, 2.75) is 176 Å². The normalized spacial score (nSPS) is 21.3. The van der Waals surface area contributed by atoms with Crippen molar-refractivity contribution in [3.05, 3.63) is 0 Å². The molecule has 0 aromatic rings. The van der Waals surface area contributed by atoms with E-state index in [9.17, 15) is 14.4 Å². The lowest BCUT2D eigenvalue weighted by Crippen LogP contribution is -2.46. The van der Waals surface area contributed by atoms with Gasteiger partial charge in [-0.25, -0.2) is 14.4 Å². The summed E-state index contributed by atoms with van der Waals surface area (Å²) in [5.41, 5.74) is -1.86. The summed E-state index contributed by atoms with van der Waals surface area (Å²) >= 11 is 0. The summed E-state index contributed by atoms with van der Waals surface area (Å²) in [6.45, 7) is 18.5. The molecule has 1 rings (SSSR count). The zero-order chi connectivity index (χ0) is 32.7. The molecule has 1 saturated carbocycles. The van der Waals surface area contributed by atoms with Gasteiger partial charge < -0.3 is 0 Å². The minimum Gasteiger partial charge on any atom is -0.298 e. The number of carbonyl (C=O) groups excluding carboxylic acids is 3. The first-order valence-electron chi connectivity index (χ1n) is 16.6. The molecule has 43 heavy (non-hydrogen) atoms. The lowest BCUT2D eigenvalue weighted by molar-refractivity contribution is -0.333. The van der Waals surface area contributed by atoms with Gasteiger partial charge in [-0.1, -0.05) is 58.3 Å². The van der Waals surface area contributed by atoms with Crippen LogP contribution in [0.15, 0.2) is 0 Å². The number of unbranched alkanes of at least 4 members (excludes halogenated alkanes) is 7. The minimum atomic E-state index is -0.671. The Kier molecular flexibility index (Phi) is 17.3. The second-order valence-electron chi connectivity index (χ2n) is 15.2. The van der Waals surface area contributed by atoms with E-state index in [0.29, 0.717) is 6.42 Å². The molecule has 4 unspecified atom stereocenters. The fourth-order valence-corrected chi connectivity index (χ4v) is 5.40. The highest BCUT2D eigenvalue weighted by molar-refractivity contribution is 5.82. The lowest BCUT2D eigenvalue weighted by Gasteiger charge is -2.40. The lowest BCUT2D eigenvalue weighted by atomic mass is 9.64. The molecule has 0 spiro atoms. The molecule has 0 heterocycles. The van der Waals surface area contributed by atoms with Gasteiger partial charge in [0.05, 0.1) is 11.8 Å². The third kappa shape index (κ3) is 18.0. The fraction of sp³-hybridized carbons (Fsp3) is 0.912. The Morgan fingerprint density at radius 1 is 0.535 bits per heavy atom. The largest absolute Gasteiger partial charge is 0.346 e. The van der Waals surface area contributed by atoms with Crippen LogP contribution in [-0.4, -0.2) is 34.7 Å². The average molecular weight is 615 g/mol. The summed E-state index contributed by atoms with van der Waals surface area (Å²) in [6.07, 6.45) is 12.5. The molecule has 4 atom stereocenters. The molecular weight excluding hydrogens is 552 g/mol. The Morgan fingerprint density at radius 3 is 1.33 bits per heavy atom. The van der Waals surface area contributed by atoms with Crippen molar-refractivity contribution in [2.75, 3.05) is 0 Å². The van der Waals surface area contributed by atoms with Crippen LogP contribution in [0.5, 0.6) is 0 Å². The van der Waals surface area contributed by atoms with Gasteiger partial charge in [0.15, 0.2) is 0 Å². The van der Waals surface area contributed by atoms with Crippen LogP contribution in [0.25, 0.3) is 0 Å². The SMILES string of the molecule is CCCCCCC1CCC(CCCCCCCC(=O)OOC(C)(C)C)C(C(=O)OOC(C)(C)C)C1C(=O)OOC(C)(C)C. The van der Waals surface area contributed by atoms with Crippen molar-refractivity contribution in [2.24, 2.45) is 23.7 Å². The first kappa shape index (κ1) is 39.3. The van der Waals surface area contributed by atoms with E-state index in [4.69, 9.17) is 29.3 Å². The first-order valence-corrected chi connectivity index (χ1v) is 16.6. The van der Waals surface area contributed by atoms with Crippen molar-refractivity contribution >= 4 is 17.9 Å². The molecule has 1 aliphatic carbocycles. The maximum Gasteiger partial charge on any atom is 0.346 e. The summed E-state index contributed by atoms with van der Waals surface area (Å²) in [6, 6.07) is 0. The van der Waals surface area contributed by atoms with Gasteiger partial charge in [0, 0.05) is 6.42 Å². The molecule has 1 aliphatic rings. The van der Waals surface area contributed by atoms with Crippen LogP contribution in [0, 0.1) is 23.7 Å². The number of hydrogen-bond donors (Lipinski definition) is 0. The maximum atomic E-state index is 13.6. The zero-order valence-electron chi connectivity index (χ0n) is 28.9. The zero-order valence-corrected chi connectivity index (χ0v) is 28.9. The highest BCUT2D eigenvalue weighted by Crippen LogP contribution is 2.45. The molecule has 9 nitrogen and oxygen atoms in total. The predicted molar refractivity (Wildman–Crippen MR) is 165 cm³/mol. The quantitative estimate of drug-likeness (QED) is 0.0850. The molecule has 0 amide bonds. The molecule has 0 N–H and O–H groups in total. The molecule has 9 heteroatoms. The smallest absolute Gasteiger partial charge is 0.298 e. The van der Waals surface area contributed by atoms with Crippen LogP contribution >= 0.6 is 0 Å². The highest BCUT2D eigenvalue weighted by atomic mass is 17.2. The van der Waals surface area contributed by atoms with Crippen LogP contribution in [0.2, 0.25) is 0 Å². The van der Waals surface area contributed by atoms with E-state index >= 15 is 0 Å². The minimum absolute atomic E-state index is 0.0124. The third-order valence-corrected chi connectivity index (χ3v) is 7.37. The van der Waals surface area contributed by atoms with E-state index in [2.05, 4.69) is 6.92 Å². The molecule has 0 aliphatic heterocycles. The van der Waals surface area contributed by atoms with E-state index in [1.165, 1.54) is 0 Å². The van der Waals surface area contributed by atoms with Gasteiger partial charge in [-0.15, -0.1) is 0 Å². The van der Waals surface area contributed by atoms with Gasteiger partial charge in [-0.2, -0.15) is 14.7 Å². The van der Waals surface area contributed by atoms with Crippen molar-refractivity contribution in [1.29, 1.82) is 0 Å². The van der Waals surface area contributed by atoms with Crippen LogP contribution in [0.1, 0.15) is 159 Å². The van der Waals surface area contributed by atoms with E-state index in [0.717, 1.165) is 83.5 Å². The summed E-state index contributed by atoms with van der Waals surface area (Å²) in [7, 11) is 0. The monoisotopic (exact) mass is 614 g/mol. The number of rotatable bonds is 18. The summed E-state index contributed by atoms with van der Waals surface area (Å²) in [5, 5.41) is 0. The van der Waals surface area contributed by atoms with E-state index in [1.807, 2.05) is 62.3 Å². The van der Waals surface area contributed by atoms with E-state index < -0.39 is 40.6 Å². The Balaban J connectivity index is 2.88. The van der Waals surface area contributed by atoms with Crippen LogP contribution in [0.3, 0.4) is 0 Å². The van der Waals surface area contributed by atoms with Gasteiger partial charge >= 0.3 is 17.9 Å². The number of hydrogen-bond acceptors (Lipinski definition) is 9. The van der Waals surface area contributed by atoms with Gasteiger partial charge in [-0.3, -0.25) is 14.7 Å². The molecule has 0 aromatic carbocycles. The maximum absolute atomic E-state index is 13.6. The Morgan fingerprint density at radius 2 is 0.907 bits per heavy atom. The second kappa shape index (κ2) is 18.9. The molecule has 252 valence electrons. The Labute approximate surface area is 261 Å². The average Bonchev–Trinajstić information content (AvgIpc) is 2.89. The predicted octanol–water partition coefficient (Wildman–Crippen LogP) is 8.77. The molecule has 0 bridgehead atoms. The summed E-state index contributed by atoms with van der Waals surface area (Å²) in [4.78, 5) is 70.6. The molecular formula is C34H62O9. The first-order chi connectivity index (χ1) is 19.9. The van der Waals surface area contributed by atoms with Gasteiger partial charge in [-0.05, 0) is 106 Å². The van der Waals surface area contributed by atoms with E-state index in [-0.39, 0.29) is 17.8 Å². The fourth-order valence-electron chi connectivity index (χ4n) is 5.40. The number of carbonyl (C=O) groups is 3. The second-order valence-corrected chi connectivity index (χ2v) is 15.2. The van der Waals surface area contributed by atoms with Gasteiger partial charge in [0.25, 0.3) is 0 Å². The molecule has 0 radical (unpaired) electrons. The van der Waals surface area contributed by atoms with Crippen LogP contribution < -0.4 is 0 Å². The van der Waals surface area contributed by atoms with E-state index in [1.54, 1.807) is 0 Å². The topological polar surface area (TPSA) is 107 Å². The van der Waals surface area contributed by atoms with Gasteiger partial charge in [0.1, 0.15) is 16.8 Å². The third-order valence-electron chi connectivity index (χ3n) is 7.37. The van der Waals surface area contributed by atoms with Gasteiger partial charge in [0.2, 0.25) is 0 Å². The molecule has 0 saturated heterocycles. The summed E-state index contributed by atoms with van der Waals surface area (Å²) < 4.78 is 0. The molecule has 1 fully saturated rings. The van der Waals surface area contributed by atoms with Crippen molar-refractivity contribution < 1.29 is 43.7 Å². The van der Waals surface area contributed by atoms with Crippen molar-refractivity contribution in [3.63, 3.8) is 0 Å².